The second-order valence-corrected chi connectivity index (χ2v) is 4.11. The highest BCUT2D eigenvalue weighted by atomic mass is 35.5. The van der Waals surface area contributed by atoms with Crippen LogP contribution in [0.2, 0.25) is 0 Å². The lowest BCUT2D eigenvalue weighted by atomic mass is 10.0. The van der Waals surface area contributed by atoms with Gasteiger partial charge < -0.3 is 9.47 Å². The van der Waals surface area contributed by atoms with Gasteiger partial charge in [-0.3, -0.25) is 0 Å². The first-order chi connectivity index (χ1) is 7.81. The largest absolute Gasteiger partial charge is 0.373 e. The van der Waals surface area contributed by atoms with Crippen molar-refractivity contribution in [2.45, 2.75) is 18.6 Å². The Balaban J connectivity index is 2.13. The maximum atomic E-state index is 12.8. The molecule has 1 fully saturated rings. The molecule has 0 aromatic heterocycles. The molecule has 1 heterocycles. The van der Waals surface area contributed by atoms with E-state index in [0.29, 0.717) is 19.1 Å². The topological polar surface area (TPSA) is 18.5 Å². The van der Waals surface area contributed by atoms with E-state index < -0.39 is 0 Å². The van der Waals surface area contributed by atoms with Gasteiger partial charge in [0.2, 0.25) is 0 Å². The van der Waals surface area contributed by atoms with Gasteiger partial charge in [-0.25, -0.2) is 4.39 Å². The zero-order valence-corrected chi connectivity index (χ0v) is 9.62. The van der Waals surface area contributed by atoms with Crippen LogP contribution in [-0.2, 0) is 9.47 Å². The molecule has 0 saturated carbocycles. The fourth-order valence-electron chi connectivity index (χ4n) is 1.87. The summed E-state index contributed by atoms with van der Waals surface area (Å²) in [6.45, 7) is 1.17. The number of hydrogen-bond donors (Lipinski definition) is 0. The summed E-state index contributed by atoms with van der Waals surface area (Å²) in [7, 11) is 0. The number of halogens is 2. The molecule has 2 nitrogen and oxygen atoms in total. The van der Waals surface area contributed by atoms with E-state index in [2.05, 4.69) is 0 Å². The van der Waals surface area contributed by atoms with Crippen molar-refractivity contribution in [3.8, 4) is 0 Å². The number of ether oxygens (including phenoxy) is 2. The van der Waals surface area contributed by atoms with E-state index in [9.17, 15) is 4.39 Å². The summed E-state index contributed by atoms with van der Waals surface area (Å²) in [5, 5.41) is 0. The van der Waals surface area contributed by atoms with E-state index in [1.165, 1.54) is 12.1 Å². The van der Waals surface area contributed by atoms with E-state index >= 15 is 0 Å². The Morgan fingerprint density at radius 2 is 1.88 bits per heavy atom. The van der Waals surface area contributed by atoms with Gasteiger partial charge in [0.05, 0.1) is 19.3 Å². The predicted octanol–water partition coefficient (Wildman–Crippen LogP) is 2.91. The Morgan fingerprint density at radius 3 is 2.56 bits per heavy atom. The van der Waals surface area contributed by atoms with Gasteiger partial charge in [-0.2, -0.15) is 0 Å². The molecule has 0 bridgehead atoms. The van der Waals surface area contributed by atoms with Gasteiger partial charge >= 0.3 is 0 Å². The number of alkyl halides is 1. The summed E-state index contributed by atoms with van der Waals surface area (Å²) >= 11 is 5.72. The molecule has 0 N–H and O–H groups in total. The van der Waals surface area contributed by atoms with Gasteiger partial charge in [0.1, 0.15) is 11.9 Å². The average molecular weight is 245 g/mol. The predicted molar refractivity (Wildman–Crippen MR) is 60.2 cm³/mol. The molecule has 1 saturated heterocycles. The van der Waals surface area contributed by atoms with Crippen LogP contribution in [0.4, 0.5) is 4.39 Å². The van der Waals surface area contributed by atoms with Crippen molar-refractivity contribution in [2.24, 2.45) is 0 Å². The van der Waals surface area contributed by atoms with Crippen molar-refractivity contribution >= 4 is 11.6 Å². The lowest BCUT2D eigenvalue weighted by Gasteiger charge is -2.31. The van der Waals surface area contributed by atoms with Gasteiger partial charge in [0.15, 0.2) is 0 Å². The van der Waals surface area contributed by atoms with Crippen LogP contribution in [0.15, 0.2) is 24.3 Å². The third kappa shape index (κ3) is 2.73. The lowest BCUT2D eigenvalue weighted by molar-refractivity contribution is -0.142. The van der Waals surface area contributed by atoms with Crippen LogP contribution in [0.1, 0.15) is 18.1 Å². The molecule has 4 heteroatoms. The maximum absolute atomic E-state index is 12.8. The smallest absolute Gasteiger partial charge is 0.123 e. The van der Waals surface area contributed by atoms with Gasteiger partial charge in [0.25, 0.3) is 0 Å². The summed E-state index contributed by atoms with van der Waals surface area (Å²) in [5.74, 6) is 0.292. The monoisotopic (exact) mass is 244 g/mol. The Morgan fingerprint density at radius 1 is 1.19 bits per heavy atom. The van der Waals surface area contributed by atoms with E-state index in [1.807, 2.05) is 0 Å². The third-order valence-electron chi connectivity index (χ3n) is 2.64. The summed E-state index contributed by atoms with van der Waals surface area (Å²) < 4.78 is 24.1. The molecule has 1 aliphatic rings. The highest BCUT2D eigenvalue weighted by Crippen LogP contribution is 2.28. The average Bonchev–Trinajstić information content (AvgIpc) is 2.32. The zero-order valence-electron chi connectivity index (χ0n) is 8.86. The van der Waals surface area contributed by atoms with Crippen LogP contribution in [0.5, 0.6) is 0 Å². The van der Waals surface area contributed by atoms with Crippen LogP contribution in [-0.4, -0.2) is 25.2 Å². The number of hydrogen-bond acceptors (Lipinski definition) is 2. The van der Waals surface area contributed by atoms with Crippen molar-refractivity contribution in [3.05, 3.63) is 35.6 Å². The van der Waals surface area contributed by atoms with Crippen LogP contribution in [0, 0.1) is 5.82 Å². The second kappa shape index (κ2) is 5.62. The Labute approximate surface area is 99.3 Å². The van der Waals surface area contributed by atoms with Crippen molar-refractivity contribution < 1.29 is 13.9 Å². The molecular weight excluding hydrogens is 231 g/mol. The maximum Gasteiger partial charge on any atom is 0.123 e. The standard InChI is InChI=1S/C12H14ClFO2/c13-6-5-11-12(16-8-7-15-11)9-1-3-10(14)4-2-9/h1-4,11-12H,5-8H2. The fraction of sp³-hybridized carbons (Fsp3) is 0.500. The van der Waals surface area contributed by atoms with Crippen LogP contribution in [0.3, 0.4) is 0 Å². The van der Waals surface area contributed by atoms with Gasteiger partial charge in [-0.1, -0.05) is 12.1 Å². The molecule has 2 unspecified atom stereocenters. The van der Waals surface area contributed by atoms with Crippen LogP contribution < -0.4 is 0 Å². The number of benzene rings is 1. The highest BCUT2D eigenvalue weighted by Gasteiger charge is 2.27. The highest BCUT2D eigenvalue weighted by molar-refractivity contribution is 6.17. The molecule has 0 spiro atoms. The van der Waals surface area contributed by atoms with E-state index in [0.717, 1.165) is 12.0 Å². The van der Waals surface area contributed by atoms with Gasteiger partial charge in [0, 0.05) is 5.88 Å². The van der Waals surface area contributed by atoms with Crippen molar-refractivity contribution in [1.29, 1.82) is 0 Å². The van der Waals surface area contributed by atoms with Crippen molar-refractivity contribution in [2.75, 3.05) is 19.1 Å². The SMILES string of the molecule is Fc1ccc(C2OCCOC2CCCl)cc1. The minimum Gasteiger partial charge on any atom is -0.373 e. The van der Waals surface area contributed by atoms with Crippen molar-refractivity contribution in [1.82, 2.24) is 0 Å². The number of rotatable bonds is 3. The molecule has 88 valence electrons. The quantitative estimate of drug-likeness (QED) is 0.762. The molecule has 16 heavy (non-hydrogen) atoms. The second-order valence-electron chi connectivity index (χ2n) is 3.73. The minimum atomic E-state index is -0.241. The summed E-state index contributed by atoms with van der Waals surface area (Å²) in [6.07, 6.45) is 0.577. The Kier molecular flexibility index (Phi) is 4.16. The first-order valence-electron chi connectivity index (χ1n) is 5.36. The van der Waals surface area contributed by atoms with E-state index in [-0.39, 0.29) is 18.0 Å². The summed E-state index contributed by atoms with van der Waals surface area (Å²) in [6, 6.07) is 6.34. The minimum absolute atomic E-state index is 0.0308. The molecule has 0 aliphatic carbocycles. The molecule has 0 amide bonds. The molecular formula is C12H14ClFO2. The van der Waals surface area contributed by atoms with Gasteiger partial charge in [-0.05, 0) is 24.1 Å². The molecule has 1 aliphatic heterocycles. The lowest BCUT2D eigenvalue weighted by Crippen LogP contribution is -2.32. The third-order valence-corrected chi connectivity index (χ3v) is 2.86. The van der Waals surface area contributed by atoms with Crippen LogP contribution >= 0.6 is 11.6 Å². The van der Waals surface area contributed by atoms with Crippen molar-refractivity contribution in [3.63, 3.8) is 0 Å². The summed E-state index contributed by atoms with van der Waals surface area (Å²) in [4.78, 5) is 0. The van der Waals surface area contributed by atoms with E-state index in [4.69, 9.17) is 21.1 Å². The molecule has 1 aromatic carbocycles. The van der Waals surface area contributed by atoms with Crippen LogP contribution in [0.25, 0.3) is 0 Å². The summed E-state index contributed by atoms with van der Waals surface area (Å²) in [5.41, 5.74) is 0.941. The first kappa shape index (κ1) is 11.8. The Bertz CT molecular complexity index is 326. The Hall–Kier alpha value is -0.640. The fourth-order valence-corrected chi connectivity index (χ4v) is 2.09. The molecule has 2 rings (SSSR count). The van der Waals surface area contributed by atoms with Gasteiger partial charge in [-0.15, -0.1) is 11.6 Å². The zero-order chi connectivity index (χ0) is 11.4. The molecule has 2 atom stereocenters. The first-order valence-corrected chi connectivity index (χ1v) is 5.89. The van der Waals surface area contributed by atoms with E-state index in [1.54, 1.807) is 12.1 Å². The molecule has 0 radical (unpaired) electrons. The molecule has 1 aromatic rings. The normalized spacial score (nSPS) is 25.6.